The van der Waals surface area contributed by atoms with Gasteiger partial charge in [-0.3, -0.25) is 19.7 Å². The number of carbonyl (C=O) groups excluding carboxylic acids is 3. The van der Waals surface area contributed by atoms with Crippen molar-refractivity contribution < 1.29 is 19.1 Å². The fourth-order valence-electron chi connectivity index (χ4n) is 3.08. The third-order valence-corrected chi connectivity index (χ3v) is 4.71. The van der Waals surface area contributed by atoms with Crippen LogP contribution in [0.3, 0.4) is 0 Å². The van der Waals surface area contributed by atoms with Crippen LogP contribution < -0.4 is 5.32 Å². The molecule has 0 bridgehead atoms. The Kier molecular flexibility index (Phi) is 9.19. The first-order valence-electron chi connectivity index (χ1n) is 9.98. The van der Waals surface area contributed by atoms with Gasteiger partial charge in [0.05, 0.1) is 6.42 Å². The Morgan fingerprint density at radius 2 is 1.61 bits per heavy atom. The molecule has 1 aromatic carbocycles. The Morgan fingerprint density at radius 1 is 0.964 bits per heavy atom. The van der Waals surface area contributed by atoms with Crippen LogP contribution in [0.15, 0.2) is 48.6 Å². The molecule has 0 saturated heterocycles. The average Bonchev–Trinajstić information content (AvgIpc) is 3.00. The summed E-state index contributed by atoms with van der Waals surface area (Å²) in [5.41, 5.74) is 2.33. The van der Waals surface area contributed by atoms with E-state index in [9.17, 15) is 14.4 Å². The number of imide groups is 1. The Hall–Kier alpha value is -2.69. The summed E-state index contributed by atoms with van der Waals surface area (Å²) in [6.45, 7) is 3.90. The zero-order valence-electron chi connectivity index (χ0n) is 16.4. The lowest BCUT2D eigenvalue weighted by Gasteiger charge is -2.07. The highest BCUT2D eigenvalue weighted by Gasteiger charge is 2.23. The maximum Gasteiger partial charge on any atom is 0.310 e. The van der Waals surface area contributed by atoms with E-state index in [2.05, 4.69) is 24.0 Å². The van der Waals surface area contributed by atoms with Crippen molar-refractivity contribution in [2.24, 2.45) is 0 Å². The van der Waals surface area contributed by atoms with Gasteiger partial charge in [0.2, 0.25) is 0 Å². The molecule has 28 heavy (non-hydrogen) atoms. The molecule has 2 amide bonds. The molecule has 5 nitrogen and oxygen atoms in total. The van der Waals surface area contributed by atoms with Crippen molar-refractivity contribution in [3.05, 3.63) is 59.7 Å². The number of benzene rings is 1. The first-order chi connectivity index (χ1) is 13.6. The molecule has 0 saturated carbocycles. The first-order valence-corrected chi connectivity index (χ1v) is 9.98. The number of esters is 1. The summed E-state index contributed by atoms with van der Waals surface area (Å²) >= 11 is 0. The first kappa shape index (κ1) is 21.6. The molecule has 1 aromatic rings. The molecule has 5 heteroatoms. The molecular weight excluding hydrogens is 354 g/mol. The molecule has 0 radical (unpaired) electrons. The summed E-state index contributed by atoms with van der Waals surface area (Å²) in [6.07, 6.45) is 12.7. The van der Waals surface area contributed by atoms with Crippen molar-refractivity contribution in [2.75, 3.05) is 0 Å². The fraction of sp³-hybridized carbons (Fsp3) is 0.435. The van der Waals surface area contributed by atoms with E-state index in [1.165, 1.54) is 44.1 Å². The van der Waals surface area contributed by atoms with Gasteiger partial charge >= 0.3 is 5.97 Å². The SMILES string of the molecule is C=CCCCCCCCCc1ccc(COC(=O)CC2=CC(=O)NC2=O)cc1. The number of unbranched alkanes of at least 4 members (excludes halogenated alkanes) is 6. The number of amides is 2. The number of allylic oxidation sites excluding steroid dienone is 1. The van der Waals surface area contributed by atoms with Gasteiger partial charge in [-0.2, -0.15) is 0 Å². The molecule has 0 aromatic heterocycles. The van der Waals surface area contributed by atoms with Gasteiger partial charge in [-0.15, -0.1) is 6.58 Å². The molecule has 2 rings (SSSR count). The average molecular weight is 383 g/mol. The van der Waals surface area contributed by atoms with Crippen LogP contribution in [0.5, 0.6) is 0 Å². The number of nitrogens with one attached hydrogen (secondary N) is 1. The summed E-state index contributed by atoms with van der Waals surface area (Å²) in [5.74, 6) is -1.53. The minimum atomic E-state index is -0.525. The normalized spacial score (nSPS) is 13.2. The molecule has 0 unspecified atom stereocenters. The number of hydrogen-bond donors (Lipinski definition) is 1. The molecule has 0 atom stereocenters. The minimum Gasteiger partial charge on any atom is -0.461 e. The van der Waals surface area contributed by atoms with E-state index >= 15 is 0 Å². The van der Waals surface area contributed by atoms with Crippen LogP contribution in [-0.2, 0) is 32.1 Å². The standard InChI is InChI=1S/C23H29NO4/c1-2-3-4-5-6-7-8-9-10-18-11-13-19(14-12-18)17-28-22(26)16-20-15-21(25)24-23(20)27/h2,11-15H,1,3-10,16-17H2,(H,24,25,27). The zero-order valence-corrected chi connectivity index (χ0v) is 16.4. The van der Waals surface area contributed by atoms with E-state index in [4.69, 9.17) is 4.74 Å². The van der Waals surface area contributed by atoms with Gasteiger partial charge in [-0.1, -0.05) is 56.0 Å². The number of rotatable bonds is 13. The van der Waals surface area contributed by atoms with Gasteiger partial charge in [0, 0.05) is 11.6 Å². The predicted molar refractivity (Wildman–Crippen MR) is 108 cm³/mol. The van der Waals surface area contributed by atoms with Crippen LogP contribution in [0.25, 0.3) is 0 Å². The maximum atomic E-state index is 11.8. The van der Waals surface area contributed by atoms with Crippen LogP contribution in [0.4, 0.5) is 0 Å². The summed E-state index contributed by atoms with van der Waals surface area (Å²) in [5, 5.41) is 2.11. The highest BCUT2D eigenvalue weighted by Crippen LogP contribution is 2.13. The fourth-order valence-corrected chi connectivity index (χ4v) is 3.08. The second-order valence-corrected chi connectivity index (χ2v) is 7.09. The van der Waals surface area contributed by atoms with Crippen molar-refractivity contribution in [3.63, 3.8) is 0 Å². The quantitative estimate of drug-likeness (QED) is 0.240. The highest BCUT2D eigenvalue weighted by atomic mass is 16.5. The molecule has 0 aliphatic carbocycles. The second-order valence-electron chi connectivity index (χ2n) is 7.09. The zero-order chi connectivity index (χ0) is 20.2. The molecular formula is C23H29NO4. The van der Waals surface area contributed by atoms with Crippen LogP contribution in [0.2, 0.25) is 0 Å². The van der Waals surface area contributed by atoms with E-state index in [0.29, 0.717) is 0 Å². The maximum absolute atomic E-state index is 11.8. The Morgan fingerprint density at radius 3 is 2.25 bits per heavy atom. The number of aryl methyl sites for hydroxylation is 1. The van der Waals surface area contributed by atoms with Crippen LogP contribution in [-0.4, -0.2) is 17.8 Å². The van der Waals surface area contributed by atoms with Crippen molar-refractivity contribution in [1.82, 2.24) is 5.32 Å². The van der Waals surface area contributed by atoms with Gasteiger partial charge < -0.3 is 4.74 Å². The van der Waals surface area contributed by atoms with E-state index < -0.39 is 17.8 Å². The summed E-state index contributed by atoms with van der Waals surface area (Å²) in [7, 11) is 0. The van der Waals surface area contributed by atoms with Crippen LogP contribution >= 0.6 is 0 Å². The molecule has 1 N–H and O–H groups in total. The molecule has 0 fully saturated rings. The number of hydrogen-bond acceptors (Lipinski definition) is 4. The Labute approximate surface area is 166 Å². The van der Waals surface area contributed by atoms with Crippen LogP contribution in [0, 0.1) is 0 Å². The number of ether oxygens (including phenoxy) is 1. The minimum absolute atomic E-state index is 0.144. The van der Waals surface area contributed by atoms with Gasteiger partial charge in [0.25, 0.3) is 11.8 Å². The number of carbonyl (C=O) groups is 3. The Bertz CT molecular complexity index is 719. The topological polar surface area (TPSA) is 72.5 Å². The molecule has 1 heterocycles. The monoisotopic (exact) mass is 383 g/mol. The largest absolute Gasteiger partial charge is 0.461 e. The lowest BCUT2D eigenvalue weighted by atomic mass is 10.0. The van der Waals surface area contributed by atoms with E-state index in [0.717, 1.165) is 24.5 Å². The van der Waals surface area contributed by atoms with Gasteiger partial charge in [0.15, 0.2) is 0 Å². The predicted octanol–water partition coefficient (Wildman–Crippen LogP) is 4.16. The lowest BCUT2D eigenvalue weighted by molar-refractivity contribution is -0.144. The lowest BCUT2D eigenvalue weighted by Crippen LogP contribution is -2.23. The summed E-state index contributed by atoms with van der Waals surface area (Å²) < 4.78 is 5.19. The van der Waals surface area contributed by atoms with Crippen LogP contribution in [0.1, 0.15) is 62.5 Å². The van der Waals surface area contributed by atoms with Gasteiger partial charge in [0.1, 0.15) is 6.61 Å². The highest BCUT2D eigenvalue weighted by molar-refractivity contribution is 6.17. The van der Waals surface area contributed by atoms with E-state index in [1.807, 2.05) is 18.2 Å². The van der Waals surface area contributed by atoms with E-state index in [-0.39, 0.29) is 18.6 Å². The van der Waals surface area contributed by atoms with E-state index in [1.54, 1.807) is 0 Å². The van der Waals surface area contributed by atoms with Crippen molar-refractivity contribution in [2.45, 2.75) is 64.4 Å². The smallest absolute Gasteiger partial charge is 0.310 e. The molecule has 150 valence electrons. The third-order valence-electron chi connectivity index (χ3n) is 4.71. The Balaban J connectivity index is 1.61. The summed E-state index contributed by atoms with van der Waals surface area (Å²) in [4.78, 5) is 34.3. The second kappa shape index (κ2) is 11.9. The van der Waals surface area contributed by atoms with Gasteiger partial charge in [-0.25, -0.2) is 0 Å². The third kappa shape index (κ3) is 7.91. The van der Waals surface area contributed by atoms with Crippen molar-refractivity contribution >= 4 is 17.8 Å². The van der Waals surface area contributed by atoms with Crippen molar-refractivity contribution in [3.8, 4) is 0 Å². The van der Waals surface area contributed by atoms with Gasteiger partial charge in [-0.05, 0) is 36.8 Å². The molecule has 1 aliphatic heterocycles. The summed E-state index contributed by atoms with van der Waals surface area (Å²) in [6, 6.07) is 8.06. The van der Waals surface area contributed by atoms with Crippen molar-refractivity contribution in [1.29, 1.82) is 0 Å². The molecule has 1 aliphatic rings. The molecule has 0 spiro atoms.